The van der Waals surface area contributed by atoms with Crippen molar-refractivity contribution in [2.45, 2.75) is 104 Å². The number of nitroso groups, excluding NO2 is 2. The fourth-order valence-corrected chi connectivity index (χ4v) is 3.36. The topological polar surface area (TPSA) is 151 Å². The summed E-state index contributed by atoms with van der Waals surface area (Å²) in [7, 11) is 0. The van der Waals surface area contributed by atoms with E-state index in [1.165, 1.54) is 55.4 Å². The molecule has 242 valence electrons. The molecule has 2 heterocycles. The van der Waals surface area contributed by atoms with Crippen LogP contribution in [0.15, 0.2) is 33.7 Å². The number of nitrogens with zero attached hydrogens (tertiary/aromatic N) is 4. The second-order valence-electron chi connectivity index (χ2n) is 10.3. The van der Waals surface area contributed by atoms with Crippen molar-refractivity contribution >= 4 is 11.4 Å². The monoisotopic (exact) mass is 650 g/mol. The number of rotatable bonds is 2. The van der Waals surface area contributed by atoms with Gasteiger partial charge in [0.25, 0.3) is 11.3 Å². The Morgan fingerprint density at radius 2 is 0.902 bits per heavy atom. The molecule has 0 spiro atoms. The second-order valence-corrected chi connectivity index (χ2v) is 10.3. The van der Waals surface area contributed by atoms with Gasteiger partial charge in [-0.15, -0.1) is 0 Å². The largest absolute Gasteiger partial charge is 0.869 e. The van der Waals surface area contributed by atoms with Gasteiger partial charge < -0.3 is 20.4 Å². The molecule has 0 unspecified atom stereocenters. The fraction of sp³-hybridized carbons (Fsp3) is 0.750. The minimum absolute atomic E-state index is 0. The summed E-state index contributed by atoms with van der Waals surface area (Å²) >= 11 is 0. The van der Waals surface area contributed by atoms with Crippen LogP contribution in [-0.2, 0) is 16.5 Å². The third-order valence-electron chi connectivity index (χ3n) is 5.15. The number of hydrogen-bond donors (Lipinski definition) is 2. The average Bonchev–Trinajstić information content (AvgIpc) is 3.01. The van der Waals surface area contributed by atoms with Crippen LogP contribution in [0.2, 0.25) is 0 Å². The second kappa shape index (κ2) is 15.2. The molecule has 0 aromatic carbocycles. The summed E-state index contributed by atoms with van der Waals surface area (Å²) in [6.07, 6.45) is -9.11. The molecule has 0 radical (unpaired) electrons. The Morgan fingerprint density at radius 1 is 0.707 bits per heavy atom. The van der Waals surface area contributed by atoms with Crippen molar-refractivity contribution in [3.8, 4) is 0 Å². The van der Waals surface area contributed by atoms with Gasteiger partial charge >= 0.3 is 12.4 Å². The first-order chi connectivity index (χ1) is 17.6. The normalized spacial score (nSPS) is 20.6. The van der Waals surface area contributed by atoms with Gasteiger partial charge in [-0.1, -0.05) is 0 Å². The number of hydrogen-bond acceptors (Lipinski definition) is 8. The molecule has 0 fully saturated rings. The molecule has 10 nitrogen and oxygen atoms in total. The summed E-state index contributed by atoms with van der Waals surface area (Å²) in [5.74, 6) is -4.01. The summed E-state index contributed by atoms with van der Waals surface area (Å²) in [5, 5.41) is 36.8. The Hall–Kier alpha value is -2.39. The quantitative estimate of drug-likeness (QED) is 0.203. The number of halogens is 6. The van der Waals surface area contributed by atoms with E-state index in [1.54, 1.807) is 13.8 Å². The van der Waals surface area contributed by atoms with Gasteiger partial charge in [0.15, 0.2) is 0 Å². The number of alkyl halides is 6. The van der Waals surface area contributed by atoms with E-state index < -0.39 is 46.3 Å². The van der Waals surface area contributed by atoms with E-state index in [2.05, 4.69) is 9.98 Å². The van der Waals surface area contributed by atoms with E-state index in [1.807, 2.05) is 0 Å². The first-order valence-corrected chi connectivity index (χ1v) is 11.9. The van der Waals surface area contributed by atoms with Crippen LogP contribution in [0.25, 0.3) is 0 Å². The smallest absolute Gasteiger partial charge is 0.402 e. The maximum Gasteiger partial charge on any atom is 0.402 e. The summed E-state index contributed by atoms with van der Waals surface area (Å²) < 4.78 is 73.9. The summed E-state index contributed by atoms with van der Waals surface area (Å²) in [6, 6.07) is 0. The number of aliphatic imine (C=N–C) groups is 2. The summed E-state index contributed by atoms with van der Waals surface area (Å²) in [5.41, 5.74) is -5.13. The third-order valence-corrected chi connectivity index (χ3v) is 5.15. The molecule has 0 amide bonds. The molecule has 0 aromatic rings. The molecule has 0 saturated heterocycles. The van der Waals surface area contributed by atoms with Crippen LogP contribution in [0.5, 0.6) is 0 Å². The number of aliphatic hydroxyl groups is 2. The van der Waals surface area contributed by atoms with E-state index in [-0.39, 0.29) is 41.1 Å². The molecule has 2 N–H and O–H groups in total. The minimum Gasteiger partial charge on any atom is -0.869 e. The van der Waals surface area contributed by atoms with Gasteiger partial charge in [0.2, 0.25) is 11.1 Å². The number of allylic oxidation sites excluding steroid dienone is 2. The minimum atomic E-state index is -4.95. The van der Waals surface area contributed by atoms with E-state index in [0.29, 0.717) is 21.7 Å². The molecular formula is C24H38F6N4NiO6. The fourth-order valence-electron chi connectivity index (χ4n) is 3.36. The SMILES string of the molecule is CC1(C)N=C(/C=C(\[O-])C(F)(F)F)C(C)(C)[N+]1=O.CC1(C)N=C(/C=C(\[O-])C(F)(F)F)C(C)(C)[N+]1=O.CCO.CCO.[Ni]. The summed E-state index contributed by atoms with van der Waals surface area (Å²) in [4.78, 5) is 31.3. The van der Waals surface area contributed by atoms with Gasteiger partial charge in [-0.05, 0) is 37.5 Å². The van der Waals surface area contributed by atoms with Crippen LogP contribution in [0.3, 0.4) is 0 Å². The van der Waals surface area contributed by atoms with E-state index in [4.69, 9.17) is 10.2 Å². The Bertz CT molecular complexity index is 964. The van der Waals surface area contributed by atoms with E-state index >= 15 is 0 Å². The van der Waals surface area contributed by atoms with Crippen molar-refractivity contribution in [3.05, 3.63) is 33.5 Å². The van der Waals surface area contributed by atoms with Crippen LogP contribution < -0.4 is 10.2 Å². The molecule has 0 bridgehead atoms. The van der Waals surface area contributed by atoms with Gasteiger partial charge in [0.05, 0.1) is 0 Å². The Balaban J connectivity index is -0.000000578. The van der Waals surface area contributed by atoms with Gasteiger partial charge in [0.1, 0.15) is 11.4 Å². The van der Waals surface area contributed by atoms with Gasteiger partial charge in [-0.2, -0.15) is 26.3 Å². The first kappa shape index (κ1) is 43.1. The zero-order chi connectivity index (χ0) is 32.7. The van der Waals surface area contributed by atoms with Crippen molar-refractivity contribution in [3.63, 3.8) is 0 Å². The molecule has 0 aromatic heterocycles. The Labute approximate surface area is 245 Å². The maximum absolute atomic E-state index is 12.1. The number of aliphatic hydroxyl groups excluding tert-OH is 2. The Kier molecular flexibility index (Phi) is 16.0. The van der Waals surface area contributed by atoms with E-state index in [0.717, 1.165) is 0 Å². The van der Waals surface area contributed by atoms with Crippen molar-refractivity contribution in [2.75, 3.05) is 13.2 Å². The van der Waals surface area contributed by atoms with E-state index in [9.17, 15) is 46.4 Å². The van der Waals surface area contributed by atoms with Crippen LogP contribution in [0, 0.1) is 9.81 Å². The van der Waals surface area contributed by atoms with Crippen molar-refractivity contribution < 1.29 is 72.8 Å². The van der Waals surface area contributed by atoms with Gasteiger partial charge in [0, 0.05) is 104 Å². The van der Waals surface area contributed by atoms with Crippen LogP contribution in [0.4, 0.5) is 26.3 Å². The van der Waals surface area contributed by atoms with Gasteiger partial charge in [-0.25, -0.2) is 9.98 Å². The van der Waals surface area contributed by atoms with Crippen LogP contribution in [0.1, 0.15) is 69.2 Å². The predicted octanol–water partition coefficient (Wildman–Crippen LogP) is 3.08. The van der Waals surface area contributed by atoms with Crippen LogP contribution in [-0.4, -0.2) is 79.1 Å². The Morgan fingerprint density at radius 3 is 1.02 bits per heavy atom. The van der Waals surface area contributed by atoms with Crippen molar-refractivity contribution in [1.82, 2.24) is 0 Å². The molecule has 2 rings (SSSR count). The van der Waals surface area contributed by atoms with Crippen molar-refractivity contribution in [2.24, 2.45) is 9.98 Å². The molecule has 0 atom stereocenters. The molecule has 0 aliphatic carbocycles. The molecule has 17 heteroatoms. The van der Waals surface area contributed by atoms with Crippen LogP contribution >= 0.6 is 0 Å². The molecule has 0 saturated carbocycles. The molecule has 2 aliphatic heterocycles. The molecular weight excluding hydrogens is 613 g/mol. The zero-order valence-corrected chi connectivity index (χ0v) is 25.5. The molecule has 2 aliphatic rings. The maximum atomic E-state index is 12.1. The average molecular weight is 651 g/mol. The summed E-state index contributed by atoms with van der Waals surface area (Å²) in [6.45, 7) is 15.4. The first-order valence-electron chi connectivity index (χ1n) is 11.9. The van der Waals surface area contributed by atoms with Gasteiger partial charge in [-0.3, -0.25) is 0 Å². The van der Waals surface area contributed by atoms with Crippen molar-refractivity contribution in [1.29, 1.82) is 0 Å². The third kappa shape index (κ3) is 11.8. The molecule has 41 heavy (non-hydrogen) atoms. The standard InChI is InChI=1S/2C10H13F3N2O2.2C2H6O.Ni/c2*1-8(2)6(5-7(16)10(11,12)13)14-9(3,4)15(8)17;2*1-2-3;/h2*5H,1-4H3;2*3H,2H2,1H3;. The predicted molar refractivity (Wildman–Crippen MR) is 132 cm³/mol. The zero-order valence-electron chi connectivity index (χ0n) is 24.5.